The number of para-hydroxylation sites is 6. The van der Waals surface area contributed by atoms with E-state index in [9.17, 15) is 0 Å². The summed E-state index contributed by atoms with van der Waals surface area (Å²) < 4.78 is 7.12. The van der Waals surface area contributed by atoms with Crippen molar-refractivity contribution in [2.24, 2.45) is 0 Å². The molecule has 0 N–H and O–H groups in total. The Bertz CT molecular complexity index is 8460. The van der Waals surface area contributed by atoms with E-state index < -0.39 is 0 Å². The minimum atomic E-state index is -0.258. The summed E-state index contributed by atoms with van der Waals surface area (Å²) in [6.45, 7) is 13.8. The van der Waals surface area contributed by atoms with E-state index in [0.29, 0.717) is 0 Å². The number of aromatic nitrogens is 10. The van der Waals surface area contributed by atoms with E-state index in [1.54, 1.807) is 0 Å². The van der Waals surface area contributed by atoms with Gasteiger partial charge < -0.3 is 13.7 Å². The minimum absolute atomic E-state index is 0.250. The van der Waals surface area contributed by atoms with Gasteiger partial charge in [-0.3, -0.25) is 4.98 Å². The van der Waals surface area contributed by atoms with Crippen molar-refractivity contribution in [3.05, 3.63) is 482 Å². The smallest absolute Gasteiger partial charge is 0.160 e. The maximum atomic E-state index is 5.43. The highest BCUT2D eigenvalue weighted by molar-refractivity contribution is 6.12. The normalized spacial score (nSPS) is 13.2. The quantitative estimate of drug-likeness (QED) is 0.120. The third-order valence-corrected chi connectivity index (χ3v) is 28.6. The minimum Gasteiger partial charge on any atom is -0.309 e. The van der Waals surface area contributed by atoms with E-state index in [0.717, 1.165) is 119 Å². The zero-order chi connectivity index (χ0) is 92.5. The number of hydrogen-bond acceptors (Lipinski definition) is 7. The van der Waals surface area contributed by atoms with Crippen LogP contribution >= 0.6 is 0 Å². The van der Waals surface area contributed by atoms with Gasteiger partial charge in [-0.05, 0) is 130 Å². The molecule has 27 rings (SSSR count). The standard InChI is InChI=1S/2C43H31N3.C42H30N4/c1-43(2)36-23-9-6-22-35(36)41-39(43)40(44-42(45-41)31-18-12-16-29(26-31)28-14-4-3-5-15-28)30-17-13-19-32(27-30)46-37-24-10-7-20-33(37)34-21-8-11-25-38(34)46;1-43(2)36-20-9-6-19-35(36)41-39(43)40(44-42(45-41)30-25-23-29(24-26-30)28-13-4-3-5-14-28)31-15-12-16-32(27-31)46-37-21-10-7-17-33(37)34-18-8-11-22-38(34)46;1-42(2)34-17-6-3-16-33(34)40-38(42)39(44-41(45-40)28-23-21-27(22-24-28)35-18-9-10-25-43-35)29-12-11-13-30(26-29)46-36-19-7-4-14-31(36)32-15-5-8-20-37(32)46/h2*3-27H,1-2H3;3-26H,1-2H3. The second-order valence-corrected chi connectivity index (χ2v) is 37.8. The van der Waals surface area contributed by atoms with E-state index in [1.807, 2.05) is 30.5 Å². The second-order valence-electron chi connectivity index (χ2n) is 37.8. The number of benzene rings is 17. The Morgan fingerprint density at radius 3 is 0.783 bits per heavy atom. The molecular weight excluding hydrogens is 1680 g/mol. The predicted octanol–water partition coefficient (Wildman–Crippen LogP) is 32.0. The van der Waals surface area contributed by atoms with Crippen LogP contribution in [0.25, 0.3) is 218 Å². The van der Waals surface area contributed by atoms with Crippen molar-refractivity contribution in [3.8, 4) is 152 Å². The zero-order valence-corrected chi connectivity index (χ0v) is 77.2. The van der Waals surface area contributed by atoms with Gasteiger partial charge in [0.05, 0.1) is 73.0 Å². The SMILES string of the molecule is CC1(C)c2ccccc2-c2nc(-c3ccc(-c4ccccc4)cc3)nc(-c3cccc(-n4c5ccccc5c5ccccc54)c3)c21.CC1(C)c2ccccc2-c2nc(-c3ccc(-c4ccccn4)cc3)nc(-c3cccc(-n4c5ccccc5c5ccccc54)c3)c21.CC1(C)c2ccccc2-c2nc(-c3cccc(-c4ccccc4)c3)nc(-c3cccc(-n4c5ccccc5c5ccccc54)c3)c21. The molecule has 7 aromatic heterocycles. The lowest BCUT2D eigenvalue weighted by Gasteiger charge is -2.24. The number of hydrogen-bond donors (Lipinski definition) is 0. The molecule has 10 heteroatoms. The summed E-state index contributed by atoms with van der Waals surface area (Å²) in [7, 11) is 0. The van der Waals surface area contributed by atoms with Crippen LogP contribution in [-0.4, -0.2) is 48.6 Å². The fraction of sp³-hybridized carbons (Fsp3) is 0.0703. The van der Waals surface area contributed by atoms with Crippen molar-refractivity contribution in [1.29, 1.82) is 0 Å². The highest BCUT2D eigenvalue weighted by Crippen LogP contribution is 2.56. The van der Waals surface area contributed by atoms with Gasteiger partial charge in [0, 0.05) is 144 Å². The van der Waals surface area contributed by atoms with Gasteiger partial charge in [-0.1, -0.05) is 393 Å². The summed E-state index contributed by atoms with van der Waals surface area (Å²) in [5.74, 6) is 2.19. The Morgan fingerprint density at radius 2 is 0.435 bits per heavy atom. The van der Waals surface area contributed by atoms with Crippen molar-refractivity contribution >= 4 is 65.4 Å². The van der Waals surface area contributed by atoms with Gasteiger partial charge in [0.2, 0.25) is 0 Å². The number of rotatable bonds is 12. The lowest BCUT2D eigenvalue weighted by molar-refractivity contribution is 0.657. The zero-order valence-electron chi connectivity index (χ0n) is 77.2. The van der Waals surface area contributed by atoms with Gasteiger partial charge in [0.25, 0.3) is 0 Å². The van der Waals surface area contributed by atoms with Crippen LogP contribution < -0.4 is 0 Å². The molecule has 0 radical (unpaired) electrons. The number of pyridine rings is 1. The highest BCUT2D eigenvalue weighted by atomic mass is 15.0. The van der Waals surface area contributed by atoms with Crippen LogP contribution in [0, 0.1) is 0 Å². The molecule has 7 heterocycles. The molecule has 3 aliphatic rings. The predicted molar refractivity (Wildman–Crippen MR) is 569 cm³/mol. The molecule has 17 aromatic carbocycles. The van der Waals surface area contributed by atoms with Gasteiger partial charge in [-0.25, -0.2) is 29.9 Å². The molecule has 0 atom stereocenters. The molecule has 0 spiro atoms. The van der Waals surface area contributed by atoms with Crippen LogP contribution in [0.3, 0.4) is 0 Å². The Kier molecular flexibility index (Phi) is 19.7. The van der Waals surface area contributed by atoms with Gasteiger partial charge in [-0.15, -0.1) is 0 Å². The summed E-state index contributed by atoms with van der Waals surface area (Å²) >= 11 is 0. The van der Waals surface area contributed by atoms with Crippen molar-refractivity contribution in [2.45, 2.75) is 57.8 Å². The number of nitrogens with zero attached hydrogens (tertiary/aromatic N) is 10. The van der Waals surface area contributed by atoms with Crippen LogP contribution in [0.1, 0.15) is 74.9 Å². The van der Waals surface area contributed by atoms with Crippen LogP contribution in [0.15, 0.2) is 449 Å². The molecule has 0 bridgehead atoms. The summed E-state index contributed by atoms with van der Waals surface area (Å²) in [6.07, 6.45) is 1.83. The molecule has 10 nitrogen and oxygen atoms in total. The maximum absolute atomic E-state index is 5.43. The first-order valence-corrected chi connectivity index (χ1v) is 47.4. The van der Waals surface area contributed by atoms with Crippen LogP contribution in [-0.2, 0) is 16.2 Å². The summed E-state index contributed by atoms with van der Waals surface area (Å²) in [6, 6.07) is 157. The fourth-order valence-corrected chi connectivity index (χ4v) is 22.1. The Balaban J connectivity index is 0.000000110. The van der Waals surface area contributed by atoms with Crippen LogP contribution in [0.4, 0.5) is 0 Å². The number of fused-ring (bicyclic) bond motifs is 18. The molecule has 654 valence electrons. The average Bonchev–Trinajstić information content (AvgIpc) is 1.56. The third kappa shape index (κ3) is 13.7. The summed E-state index contributed by atoms with van der Waals surface area (Å²) in [4.78, 5) is 36.6. The lowest BCUT2D eigenvalue weighted by Crippen LogP contribution is -2.17. The first-order valence-electron chi connectivity index (χ1n) is 47.4. The molecule has 138 heavy (non-hydrogen) atoms. The Morgan fingerprint density at radius 1 is 0.181 bits per heavy atom. The van der Waals surface area contributed by atoms with E-state index >= 15 is 0 Å². The molecular formula is C128H92N10. The molecule has 24 aromatic rings. The largest absolute Gasteiger partial charge is 0.309 e. The van der Waals surface area contributed by atoms with Gasteiger partial charge in [-0.2, -0.15) is 0 Å². The maximum Gasteiger partial charge on any atom is 0.160 e. The molecule has 0 unspecified atom stereocenters. The first kappa shape index (κ1) is 82.4. The molecule has 0 saturated carbocycles. The Labute approximate surface area is 801 Å². The van der Waals surface area contributed by atoms with E-state index in [1.165, 1.54) is 132 Å². The Hall–Kier alpha value is -17.5. The second kappa shape index (κ2) is 33.0. The summed E-state index contributed by atoms with van der Waals surface area (Å²) in [5.41, 5.74) is 39.6. The van der Waals surface area contributed by atoms with Gasteiger partial charge in [0.15, 0.2) is 17.5 Å². The van der Waals surface area contributed by atoms with Crippen molar-refractivity contribution in [2.75, 3.05) is 0 Å². The van der Waals surface area contributed by atoms with Gasteiger partial charge >= 0.3 is 0 Å². The summed E-state index contributed by atoms with van der Waals surface area (Å²) in [5, 5.41) is 7.51. The highest BCUT2D eigenvalue weighted by Gasteiger charge is 2.44. The van der Waals surface area contributed by atoms with E-state index in [4.69, 9.17) is 29.9 Å². The molecule has 0 aliphatic heterocycles. The molecule has 0 fully saturated rings. The van der Waals surface area contributed by atoms with Crippen LogP contribution in [0.2, 0.25) is 0 Å². The molecule has 3 aliphatic carbocycles. The van der Waals surface area contributed by atoms with Crippen molar-refractivity contribution < 1.29 is 0 Å². The monoisotopic (exact) mass is 1770 g/mol. The third-order valence-electron chi connectivity index (χ3n) is 28.6. The van der Waals surface area contributed by atoms with E-state index in [-0.39, 0.29) is 16.2 Å². The van der Waals surface area contributed by atoms with Crippen LogP contribution in [0.5, 0.6) is 0 Å². The van der Waals surface area contributed by atoms with Crippen molar-refractivity contribution in [3.63, 3.8) is 0 Å². The van der Waals surface area contributed by atoms with Crippen molar-refractivity contribution in [1.82, 2.24) is 48.6 Å². The van der Waals surface area contributed by atoms with Gasteiger partial charge in [0.1, 0.15) is 0 Å². The first-order chi connectivity index (χ1) is 67.7. The lowest BCUT2D eigenvalue weighted by atomic mass is 9.80. The fourth-order valence-electron chi connectivity index (χ4n) is 22.1. The molecule has 0 saturated heterocycles. The average molecular weight is 1770 g/mol. The topological polar surface area (TPSA) is 105 Å². The molecule has 0 amide bonds. The van der Waals surface area contributed by atoms with E-state index in [2.05, 4.69) is 479 Å².